The summed E-state index contributed by atoms with van der Waals surface area (Å²) in [5, 5.41) is 25.3. The van der Waals surface area contributed by atoms with Crippen molar-refractivity contribution in [3.05, 3.63) is 0 Å². The molecule has 9 N–H and O–H groups in total. The van der Waals surface area contributed by atoms with Crippen molar-refractivity contribution in [3.63, 3.8) is 0 Å². The maximum atomic E-state index is 12.7. The molecule has 4 amide bonds. The zero-order valence-corrected chi connectivity index (χ0v) is 18.6. The normalized spacial score (nSPS) is 15.6. The van der Waals surface area contributed by atoms with Gasteiger partial charge in [-0.25, -0.2) is 4.79 Å². The average Bonchev–Trinajstić information content (AvgIpc) is 2.67. The molecule has 0 spiro atoms. The molecule has 5 unspecified atom stereocenters. The number of carboxylic acids is 2. The van der Waals surface area contributed by atoms with E-state index in [4.69, 9.17) is 16.6 Å². The van der Waals surface area contributed by atoms with Gasteiger partial charge in [-0.2, -0.15) is 0 Å². The van der Waals surface area contributed by atoms with E-state index in [1.54, 1.807) is 27.7 Å². The van der Waals surface area contributed by atoms with Gasteiger partial charge in [-0.15, -0.1) is 0 Å². The van der Waals surface area contributed by atoms with Crippen LogP contribution in [0.15, 0.2) is 0 Å². The zero-order valence-electron chi connectivity index (χ0n) is 18.6. The van der Waals surface area contributed by atoms with Gasteiger partial charge in [-0.1, -0.05) is 34.1 Å². The van der Waals surface area contributed by atoms with Crippen LogP contribution < -0.4 is 27.4 Å². The number of amides is 4. The molecule has 32 heavy (non-hydrogen) atoms. The van der Waals surface area contributed by atoms with E-state index in [0.29, 0.717) is 6.42 Å². The smallest absolute Gasteiger partial charge is 0.326 e. The van der Waals surface area contributed by atoms with Gasteiger partial charge in [0.1, 0.15) is 18.1 Å². The summed E-state index contributed by atoms with van der Waals surface area (Å²) in [4.78, 5) is 71.1. The van der Waals surface area contributed by atoms with Crippen molar-refractivity contribution in [2.45, 2.75) is 71.1 Å². The maximum absolute atomic E-state index is 12.7. The highest BCUT2D eigenvalue weighted by Crippen LogP contribution is 2.11. The molecule has 0 aliphatic rings. The van der Waals surface area contributed by atoms with Crippen LogP contribution in [0.3, 0.4) is 0 Å². The van der Waals surface area contributed by atoms with Gasteiger partial charge < -0.3 is 37.6 Å². The van der Waals surface area contributed by atoms with Crippen molar-refractivity contribution in [2.24, 2.45) is 23.3 Å². The second-order valence-electron chi connectivity index (χ2n) is 7.88. The SMILES string of the molecule is CCC(C)C(NC(=O)C(CC(=O)O)NC(=O)C(N)CC(N)=O)C(=O)NC(C(=O)O)C(C)C. The minimum absolute atomic E-state index is 0.428. The van der Waals surface area contributed by atoms with Crippen LogP contribution in [0, 0.1) is 11.8 Å². The molecule has 13 heteroatoms. The van der Waals surface area contributed by atoms with E-state index in [-0.39, 0.29) is 0 Å². The van der Waals surface area contributed by atoms with E-state index >= 15 is 0 Å². The van der Waals surface area contributed by atoms with Gasteiger partial charge in [0.25, 0.3) is 0 Å². The Bertz CT molecular complexity index is 727. The monoisotopic (exact) mass is 459 g/mol. The maximum Gasteiger partial charge on any atom is 0.326 e. The molecule has 0 aliphatic heterocycles. The van der Waals surface area contributed by atoms with Crippen LogP contribution in [-0.4, -0.2) is 69.9 Å². The van der Waals surface area contributed by atoms with Crippen molar-refractivity contribution in [1.29, 1.82) is 0 Å². The molecule has 0 heterocycles. The third-order valence-corrected chi connectivity index (χ3v) is 4.79. The van der Waals surface area contributed by atoms with Crippen LogP contribution in [0.2, 0.25) is 0 Å². The molecular formula is C19H33N5O8. The van der Waals surface area contributed by atoms with E-state index in [1.807, 2.05) is 0 Å². The van der Waals surface area contributed by atoms with Crippen molar-refractivity contribution in [3.8, 4) is 0 Å². The molecular weight excluding hydrogens is 426 g/mol. The van der Waals surface area contributed by atoms with E-state index in [1.165, 1.54) is 0 Å². The molecule has 0 saturated carbocycles. The molecule has 0 fully saturated rings. The summed E-state index contributed by atoms with van der Waals surface area (Å²) < 4.78 is 0. The molecule has 0 saturated heterocycles. The number of carboxylic acid groups (broad SMARTS) is 2. The molecule has 0 radical (unpaired) electrons. The largest absolute Gasteiger partial charge is 0.481 e. The Labute approximate surface area is 185 Å². The van der Waals surface area contributed by atoms with Gasteiger partial charge in [0.05, 0.1) is 18.9 Å². The second-order valence-corrected chi connectivity index (χ2v) is 7.88. The van der Waals surface area contributed by atoms with Crippen molar-refractivity contribution in [2.75, 3.05) is 0 Å². The second kappa shape index (κ2) is 13.2. The molecule has 0 aromatic rings. The standard InChI is InChI=1S/C19H33N5O8/c1-5-9(4)15(18(30)23-14(8(2)3)19(31)32)24-17(29)11(7-13(26)27)22-16(28)10(20)6-12(21)25/h8-11,14-15H,5-7,20H2,1-4H3,(H2,21,25)(H,22,28)(H,23,30)(H,24,29)(H,26,27)(H,31,32). The fraction of sp³-hybridized carbons (Fsp3) is 0.684. The molecule has 0 aromatic carbocycles. The number of aliphatic carboxylic acids is 2. The van der Waals surface area contributed by atoms with Crippen LogP contribution in [0.25, 0.3) is 0 Å². The molecule has 5 atom stereocenters. The number of nitrogens with one attached hydrogen (secondary N) is 3. The topological polar surface area (TPSA) is 231 Å². The van der Waals surface area contributed by atoms with Gasteiger partial charge in [0, 0.05) is 0 Å². The van der Waals surface area contributed by atoms with Gasteiger partial charge in [0.15, 0.2) is 0 Å². The molecule has 0 bridgehead atoms. The first-order valence-electron chi connectivity index (χ1n) is 10.1. The summed E-state index contributed by atoms with van der Waals surface area (Å²) in [5.74, 6) is -7.12. The number of nitrogens with two attached hydrogens (primary N) is 2. The van der Waals surface area contributed by atoms with E-state index in [0.717, 1.165) is 0 Å². The summed E-state index contributed by atoms with van der Waals surface area (Å²) in [7, 11) is 0. The van der Waals surface area contributed by atoms with Crippen LogP contribution in [0.4, 0.5) is 0 Å². The Morgan fingerprint density at radius 1 is 0.812 bits per heavy atom. The van der Waals surface area contributed by atoms with Crippen LogP contribution in [0.5, 0.6) is 0 Å². The Balaban J connectivity index is 5.59. The highest BCUT2D eigenvalue weighted by atomic mass is 16.4. The lowest BCUT2D eigenvalue weighted by Gasteiger charge is -2.28. The zero-order chi connectivity index (χ0) is 25.2. The number of primary amides is 1. The highest BCUT2D eigenvalue weighted by Gasteiger charge is 2.34. The van der Waals surface area contributed by atoms with E-state index in [2.05, 4.69) is 16.0 Å². The van der Waals surface area contributed by atoms with Gasteiger partial charge in [-0.05, 0) is 11.8 Å². The minimum Gasteiger partial charge on any atom is -0.481 e. The Morgan fingerprint density at radius 2 is 1.34 bits per heavy atom. The molecule has 0 aromatic heterocycles. The molecule has 0 rings (SSSR count). The Hall–Kier alpha value is -3.22. The van der Waals surface area contributed by atoms with E-state index < -0.39 is 84.4 Å². The number of hydrogen-bond donors (Lipinski definition) is 7. The van der Waals surface area contributed by atoms with Crippen molar-refractivity contribution in [1.82, 2.24) is 16.0 Å². The fourth-order valence-corrected chi connectivity index (χ4v) is 2.68. The summed E-state index contributed by atoms with van der Waals surface area (Å²) in [6.07, 6.45) is -0.909. The average molecular weight is 460 g/mol. The van der Waals surface area contributed by atoms with Crippen LogP contribution in [0.1, 0.15) is 47.0 Å². The first-order valence-corrected chi connectivity index (χ1v) is 10.1. The lowest BCUT2D eigenvalue weighted by Crippen LogP contribution is -2.59. The minimum atomic E-state index is -1.60. The summed E-state index contributed by atoms with van der Waals surface area (Å²) in [6.45, 7) is 6.59. The van der Waals surface area contributed by atoms with Crippen molar-refractivity contribution >= 4 is 35.6 Å². The quantitative estimate of drug-likeness (QED) is 0.151. The highest BCUT2D eigenvalue weighted by molar-refractivity contribution is 5.96. The van der Waals surface area contributed by atoms with Crippen LogP contribution in [-0.2, 0) is 28.8 Å². The third kappa shape index (κ3) is 9.73. The van der Waals surface area contributed by atoms with E-state index in [9.17, 15) is 33.9 Å². The molecule has 13 nitrogen and oxygen atoms in total. The lowest BCUT2D eigenvalue weighted by molar-refractivity contribution is -0.144. The summed E-state index contributed by atoms with van der Waals surface area (Å²) in [5.41, 5.74) is 10.5. The fourth-order valence-electron chi connectivity index (χ4n) is 2.68. The first-order chi connectivity index (χ1) is 14.7. The predicted molar refractivity (Wildman–Crippen MR) is 112 cm³/mol. The van der Waals surface area contributed by atoms with Gasteiger partial charge in [0.2, 0.25) is 23.6 Å². The Morgan fingerprint density at radius 3 is 1.75 bits per heavy atom. The number of carbonyl (C=O) groups is 6. The third-order valence-electron chi connectivity index (χ3n) is 4.79. The van der Waals surface area contributed by atoms with Crippen molar-refractivity contribution < 1.29 is 39.0 Å². The number of rotatable bonds is 14. The number of carbonyl (C=O) groups excluding carboxylic acids is 4. The lowest BCUT2D eigenvalue weighted by atomic mass is 9.96. The summed E-state index contributed by atoms with van der Waals surface area (Å²) >= 11 is 0. The predicted octanol–water partition coefficient (Wildman–Crippen LogP) is -2.10. The number of hydrogen-bond acceptors (Lipinski definition) is 7. The Kier molecular flexibility index (Phi) is 11.9. The molecule has 0 aliphatic carbocycles. The van der Waals surface area contributed by atoms with Gasteiger partial charge in [-0.3, -0.25) is 24.0 Å². The molecule has 182 valence electrons. The van der Waals surface area contributed by atoms with Gasteiger partial charge >= 0.3 is 11.9 Å². The summed E-state index contributed by atoms with van der Waals surface area (Å²) in [6, 6.07) is -5.39. The first kappa shape index (κ1) is 28.8. The van der Waals surface area contributed by atoms with Crippen LogP contribution >= 0.6 is 0 Å².